The first-order valence-electron chi connectivity index (χ1n) is 9.10. The highest BCUT2D eigenvalue weighted by molar-refractivity contribution is 7.99. The molecule has 1 aliphatic rings. The number of hydrogen-bond acceptors (Lipinski definition) is 5. The molecule has 140 valence electrons. The number of ether oxygens (including phenoxy) is 1. The van der Waals surface area contributed by atoms with E-state index in [0.29, 0.717) is 11.8 Å². The van der Waals surface area contributed by atoms with Crippen molar-refractivity contribution in [3.8, 4) is 16.3 Å². The van der Waals surface area contributed by atoms with Crippen LogP contribution in [0, 0.1) is 5.92 Å². The lowest BCUT2D eigenvalue weighted by Gasteiger charge is -2.26. The van der Waals surface area contributed by atoms with Crippen LogP contribution in [-0.2, 0) is 10.5 Å². The summed E-state index contributed by atoms with van der Waals surface area (Å²) in [7, 11) is 1.67. The standard InChI is InChI=1S/C20H26N2O2S2/c1-14-6-8-16(9-7-14)21-19(23)13-25-11-17-12-26-20(22-17)15-4-3-5-18(10-15)24-2/h3-5,10,12,14,16H,6-9,11,13H2,1-2H3,(H,21,23). The van der Waals surface area contributed by atoms with Crippen molar-refractivity contribution in [2.24, 2.45) is 5.92 Å². The normalized spacial score (nSPS) is 19.9. The Hall–Kier alpha value is -1.53. The molecule has 1 aliphatic carbocycles. The van der Waals surface area contributed by atoms with E-state index in [1.165, 1.54) is 12.8 Å². The molecule has 2 aromatic rings. The Balaban J connectivity index is 1.44. The van der Waals surface area contributed by atoms with Crippen LogP contribution in [0.25, 0.3) is 10.6 Å². The van der Waals surface area contributed by atoms with Gasteiger partial charge in [0.05, 0.1) is 18.6 Å². The fourth-order valence-electron chi connectivity index (χ4n) is 3.18. The average molecular weight is 391 g/mol. The summed E-state index contributed by atoms with van der Waals surface area (Å²) in [6, 6.07) is 8.31. The minimum Gasteiger partial charge on any atom is -0.497 e. The van der Waals surface area contributed by atoms with Crippen LogP contribution in [0.5, 0.6) is 5.75 Å². The number of amides is 1. The number of nitrogens with zero attached hydrogens (tertiary/aromatic N) is 1. The maximum atomic E-state index is 12.1. The van der Waals surface area contributed by atoms with Crippen molar-refractivity contribution in [2.45, 2.75) is 44.4 Å². The number of benzene rings is 1. The van der Waals surface area contributed by atoms with Crippen molar-refractivity contribution in [2.75, 3.05) is 12.9 Å². The summed E-state index contributed by atoms with van der Waals surface area (Å²) in [5.74, 6) is 3.05. The van der Waals surface area contributed by atoms with Gasteiger partial charge in [-0.05, 0) is 43.7 Å². The van der Waals surface area contributed by atoms with Gasteiger partial charge in [-0.25, -0.2) is 4.98 Å². The van der Waals surface area contributed by atoms with E-state index in [2.05, 4.69) is 22.6 Å². The topological polar surface area (TPSA) is 51.2 Å². The zero-order chi connectivity index (χ0) is 18.4. The van der Waals surface area contributed by atoms with Gasteiger partial charge in [0, 0.05) is 22.7 Å². The Labute approximate surface area is 163 Å². The lowest BCUT2D eigenvalue weighted by atomic mass is 9.87. The van der Waals surface area contributed by atoms with Crippen molar-refractivity contribution in [3.05, 3.63) is 35.3 Å². The molecular formula is C20H26N2O2S2. The van der Waals surface area contributed by atoms with Crippen molar-refractivity contribution in [1.82, 2.24) is 10.3 Å². The number of aromatic nitrogens is 1. The van der Waals surface area contributed by atoms with Crippen LogP contribution < -0.4 is 10.1 Å². The summed E-state index contributed by atoms with van der Waals surface area (Å²) in [5.41, 5.74) is 2.09. The summed E-state index contributed by atoms with van der Waals surface area (Å²) in [4.78, 5) is 16.8. The molecule has 26 heavy (non-hydrogen) atoms. The third-order valence-electron chi connectivity index (χ3n) is 4.73. The van der Waals surface area contributed by atoms with Gasteiger partial charge in [0.2, 0.25) is 5.91 Å². The predicted octanol–water partition coefficient (Wildman–Crippen LogP) is 4.75. The summed E-state index contributed by atoms with van der Waals surface area (Å²) >= 11 is 3.26. The first kappa shape index (κ1) is 19.2. The molecule has 1 amide bonds. The number of thiazole rings is 1. The zero-order valence-electron chi connectivity index (χ0n) is 15.4. The first-order chi connectivity index (χ1) is 12.6. The Kier molecular flexibility index (Phi) is 6.97. The Morgan fingerprint density at radius 1 is 1.35 bits per heavy atom. The molecule has 1 fully saturated rings. The number of nitrogens with one attached hydrogen (secondary N) is 1. The summed E-state index contributed by atoms with van der Waals surface area (Å²) in [6.45, 7) is 2.29. The van der Waals surface area contributed by atoms with Crippen LogP contribution in [0.2, 0.25) is 0 Å². The van der Waals surface area contributed by atoms with Gasteiger partial charge < -0.3 is 10.1 Å². The van der Waals surface area contributed by atoms with E-state index in [1.54, 1.807) is 30.2 Å². The van der Waals surface area contributed by atoms with Gasteiger partial charge in [0.25, 0.3) is 0 Å². The van der Waals surface area contributed by atoms with Gasteiger partial charge in [-0.15, -0.1) is 23.1 Å². The number of thioether (sulfide) groups is 1. The molecule has 0 atom stereocenters. The molecule has 0 unspecified atom stereocenters. The van der Waals surface area contributed by atoms with E-state index in [-0.39, 0.29) is 5.91 Å². The number of rotatable bonds is 7. The van der Waals surface area contributed by atoms with E-state index in [1.807, 2.05) is 24.3 Å². The third kappa shape index (κ3) is 5.48. The molecule has 1 N–H and O–H groups in total. The van der Waals surface area contributed by atoms with Gasteiger partial charge in [-0.2, -0.15) is 0 Å². The van der Waals surface area contributed by atoms with E-state index in [9.17, 15) is 4.79 Å². The first-order valence-corrected chi connectivity index (χ1v) is 11.1. The maximum Gasteiger partial charge on any atom is 0.230 e. The summed E-state index contributed by atoms with van der Waals surface area (Å²) in [5, 5.41) is 6.24. The maximum absolute atomic E-state index is 12.1. The van der Waals surface area contributed by atoms with Crippen LogP contribution in [-0.4, -0.2) is 29.8 Å². The fraction of sp³-hybridized carbons (Fsp3) is 0.500. The van der Waals surface area contributed by atoms with E-state index in [0.717, 1.165) is 46.5 Å². The highest BCUT2D eigenvalue weighted by atomic mass is 32.2. The summed E-state index contributed by atoms with van der Waals surface area (Å²) < 4.78 is 5.27. The Morgan fingerprint density at radius 3 is 2.92 bits per heavy atom. The molecule has 1 saturated carbocycles. The van der Waals surface area contributed by atoms with E-state index in [4.69, 9.17) is 4.74 Å². The molecule has 0 radical (unpaired) electrons. The molecule has 0 bridgehead atoms. The molecule has 1 heterocycles. The van der Waals surface area contributed by atoms with Crippen LogP contribution >= 0.6 is 23.1 Å². The zero-order valence-corrected chi connectivity index (χ0v) is 17.0. The SMILES string of the molecule is COc1cccc(-c2nc(CSCC(=O)NC3CCC(C)CC3)cs2)c1. The molecule has 3 rings (SSSR count). The quantitative estimate of drug-likeness (QED) is 0.741. The van der Waals surface area contributed by atoms with Crippen LogP contribution in [0.3, 0.4) is 0 Å². The van der Waals surface area contributed by atoms with Gasteiger partial charge in [-0.1, -0.05) is 19.1 Å². The smallest absolute Gasteiger partial charge is 0.230 e. The molecule has 4 nitrogen and oxygen atoms in total. The van der Waals surface area contributed by atoms with Crippen molar-refractivity contribution in [1.29, 1.82) is 0 Å². The minimum absolute atomic E-state index is 0.151. The summed E-state index contributed by atoms with van der Waals surface area (Å²) in [6.07, 6.45) is 4.69. The second-order valence-electron chi connectivity index (χ2n) is 6.89. The van der Waals surface area contributed by atoms with Gasteiger partial charge in [-0.3, -0.25) is 4.79 Å². The largest absolute Gasteiger partial charge is 0.497 e. The molecule has 0 spiro atoms. The van der Waals surface area contributed by atoms with Crippen LogP contribution in [0.1, 0.15) is 38.3 Å². The van der Waals surface area contributed by atoms with Crippen LogP contribution in [0.4, 0.5) is 0 Å². The van der Waals surface area contributed by atoms with E-state index >= 15 is 0 Å². The second-order valence-corrected chi connectivity index (χ2v) is 8.74. The molecule has 1 aromatic heterocycles. The molecule has 1 aromatic carbocycles. The van der Waals surface area contributed by atoms with Crippen molar-refractivity contribution in [3.63, 3.8) is 0 Å². The molecule has 0 saturated heterocycles. The highest BCUT2D eigenvalue weighted by Gasteiger charge is 2.19. The number of carbonyl (C=O) groups excluding carboxylic acids is 1. The molecule has 6 heteroatoms. The molecular weight excluding hydrogens is 364 g/mol. The highest BCUT2D eigenvalue weighted by Crippen LogP contribution is 2.28. The van der Waals surface area contributed by atoms with Crippen LogP contribution in [0.15, 0.2) is 29.6 Å². The molecule has 0 aliphatic heterocycles. The van der Waals surface area contributed by atoms with Gasteiger partial charge >= 0.3 is 0 Å². The van der Waals surface area contributed by atoms with Crippen molar-refractivity contribution < 1.29 is 9.53 Å². The van der Waals surface area contributed by atoms with Crippen molar-refractivity contribution >= 4 is 29.0 Å². The minimum atomic E-state index is 0.151. The third-order valence-corrected chi connectivity index (χ3v) is 6.64. The average Bonchev–Trinajstić information content (AvgIpc) is 3.13. The number of hydrogen-bond donors (Lipinski definition) is 1. The lowest BCUT2D eigenvalue weighted by molar-refractivity contribution is -0.119. The van der Waals surface area contributed by atoms with Gasteiger partial charge in [0.15, 0.2) is 0 Å². The Bertz CT molecular complexity index is 724. The van der Waals surface area contributed by atoms with E-state index < -0.39 is 0 Å². The fourth-order valence-corrected chi connectivity index (χ4v) is 4.83. The monoisotopic (exact) mass is 390 g/mol. The Morgan fingerprint density at radius 2 is 2.15 bits per heavy atom. The van der Waals surface area contributed by atoms with Gasteiger partial charge in [0.1, 0.15) is 10.8 Å². The predicted molar refractivity (Wildman–Crippen MR) is 110 cm³/mol. The lowest BCUT2D eigenvalue weighted by Crippen LogP contribution is -2.38. The number of carbonyl (C=O) groups is 1. The number of methoxy groups -OCH3 is 1. The second kappa shape index (κ2) is 9.42.